The van der Waals surface area contributed by atoms with E-state index in [4.69, 9.17) is 17.3 Å². The van der Waals surface area contributed by atoms with Crippen molar-refractivity contribution in [3.8, 4) is 0 Å². The maximum absolute atomic E-state index is 6.01. The zero-order valence-electron chi connectivity index (χ0n) is 8.95. The first kappa shape index (κ1) is 14.7. The Kier molecular flexibility index (Phi) is 7.75. The third kappa shape index (κ3) is 4.83. The summed E-state index contributed by atoms with van der Waals surface area (Å²) in [6, 6.07) is 3.86. The summed E-state index contributed by atoms with van der Waals surface area (Å²) in [6.45, 7) is 2.18. The van der Waals surface area contributed by atoms with Crippen LogP contribution in [-0.4, -0.2) is 4.98 Å². The molecule has 0 saturated carbocycles. The number of hydrogen-bond acceptors (Lipinski definition) is 2. The standard InChI is InChI=1S/C11H17ClN2.ClH/c1-2-3-4-7-10(13)9-6-5-8-14-11(9)12;/h5-6,8,10H,2-4,7,13H2,1H3;1H/t10-;/m0./s1. The first-order chi connectivity index (χ1) is 6.75. The highest BCUT2D eigenvalue weighted by Gasteiger charge is 2.09. The van der Waals surface area contributed by atoms with Crippen LogP contribution in [0.5, 0.6) is 0 Å². The van der Waals surface area contributed by atoms with Crippen molar-refractivity contribution in [1.29, 1.82) is 0 Å². The number of rotatable bonds is 5. The van der Waals surface area contributed by atoms with E-state index < -0.39 is 0 Å². The van der Waals surface area contributed by atoms with Crippen LogP contribution in [0.1, 0.15) is 44.2 Å². The lowest BCUT2D eigenvalue weighted by Crippen LogP contribution is -2.11. The lowest BCUT2D eigenvalue weighted by molar-refractivity contribution is 0.580. The molecule has 1 rings (SSSR count). The summed E-state index contributed by atoms with van der Waals surface area (Å²) in [5.41, 5.74) is 6.98. The molecule has 0 aromatic carbocycles. The van der Waals surface area contributed by atoms with Crippen LogP contribution >= 0.6 is 24.0 Å². The van der Waals surface area contributed by atoms with Crippen molar-refractivity contribution in [2.75, 3.05) is 0 Å². The molecule has 0 fully saturated rings. The third-order valence-corrected chi connectivity index (χ3v) is 2.62. The molecule has 4 heteroatoms. The number of aromatic nitrogens is 1. The molecule has 1 heterocycles. The second-order valence-corrected chi connectivity index (χ2v) is 3.84. The van der Waals surface area contributed by atoms with Gasteiger partial charge in [0.25, 0.3) is 0 Å². The van der Waals surface area contributed by atoms with Crippen molar-refractivity contribution in [3.63, 3.8) is 0 Å². The van der Waals surface area contributed by atoms with E-state index >= 15 is 0 Å². The number of nitrogens with zero attached hydrogens (tertiary/aromatic N) is 1. The molecule has 1 atom stereocenters. The van der Waals surface area contributed by atoms with Gasteiger partial charge in [-0.3, -0.25) is 0 Å². The lowest BCUT2D eigenvalue weighted by Gasteiger charge is -2.12. The smallest absolute Gasteiger partial charge is 0.133 e. The molecule has 1 aromatic heterocycles. The maximum Gasteiger partial charge on any atom is 0.133 e. The van der Waals surface area contributed by atoms with Gasteiger partial charge in [0.05, 0.1) is 0 Å². The molecule has 0 aliphatic rings. The van der Waals surface area contributed by atoms with Crippen molar-refractivity contribution < 1.29 is 0 Å². The fourth-order valence-corrected chi connectivity index (χ4v) is 1.70. The molecule has 15 heavy (non-hydrogen) atoms. The minimum absolute atomic E-state index is 0. The minimum Gasteiger partial charge on any atom is -0.324 e. The molecule has 2 nitrogen and oxygen atoms in total. The molecule has 0 saturated heterocycles. The summed E-state index contributed by atoms with van der Waals surface area (Å²) in [5, 5.41) is 0.538. The molecular formula is C11H18Cl2N2. The van der Waals surface area contributed by atoms with Crippen molar-refractivity contribution in [3.05, 3.63) is 29.0 Å². The Morgan fingerprint density at radius 1 is 1.47 bits per heavy atom. The van der Waals surface area contributed by atoms with Gasteiger partial charge in [0.15, 0.2) is 0 Å². The van der Waals surface area contributed by atoms with Gasteiger partial charge in [0.1, 0.15) is 5.15 Å². The van der Waals surface area contributed by atoms with Crippen LogP contribution in [0.3, 0.4) is 0 Å². The second-order valence-electron chi connectivity index (χ2n) is 3.49. The Labute approximate surface area is 103 Å². The molecule has 86 valence electrons. The van der Waals surface area contributed by atoms with Gasteiger partial charge >= 0.3 is 0 Å². The normalized spacial score (nSPS) is 11.9. The average molecular weight is 249 g/mol. The lowest BCUT2D eigenvalue weighted by atomic mass is 10.0. The summed E-state index contributed by atoms with van der Waals surface area (Å²) in [4.78, 5) is 4.01. The van der Waals surface area contributed by atoms with Gasteiger partial charge < -0.3 is 5.73 Å². The van der Waals surface area contributed by atoms with Crippen LogP contribution in [0.4, 0.5) is 0 Å². The van der Waals surface area contributed by atoms with Gasteiger partial charge in [-0.1, -0.05) is 43.9 Å². The van der Waals surface area contributed by atoms with Gasteiger partial charge in [0.2, 0.25) is 0 Å². The van der Waals surface area contributed by atoms with Crippen molar-refractivity contribution >= 4 is 24.0 Å². The van der Waals surface area contributed by atoms with Crippen molar-refractivity contribution in [2.45, 2.75) is 38.6 Å². The third-order valence-electron chi connectivity index (χ3n) is 2.31. The number of pyridine rings is 1. The van der Waals surface area contributed by atoms with E-state index in [9.17, 15) is 0 Å². The molecule has 0 radical (unpaired) electrons. The predicted octanol–water partition coefficient (Wildman–Crippen LogP) is 3.74. The van der Waals surface area contributed by atoms with Crippen LogP contribution in [-0.2, 0) is 0 Å². The van der Waals surface area contributed by atoms with E-state index in [0.717, 1.165) is 18.4 Å². The van der Waals surface area contributed by atoms with E-state index in [0.29, 0.717) is 5.15 Å². The summed E-state index contributed by atoms with van der Waals surface area (Å²) in [7, 11) is 0. The second kappa shape index (κ2) is 7.91. The van der Waals surface area contributed by atoms with Crippen LogP contribution in [0.2, 0.25) is 5.15 Å². The molecule has 0 amide bonds. The topological polar surface area (TPSA) is 38.9 Å². The Bertz CT molecular complexity index is 279. The van der Waals surface area contributed by atoms with Crippen molar-refractivity contribution in [2.24, 2.45) is 5.73 Å². The zero-order valence-corrected chi connectivity index (χ0v) is 10.5. The largest absolute Gasteiger partial charge is 0.324 e. The summed E-state index contributed by atoms with van der Waals surface area (Å²) in [5.74, 6) is 0. The van der Waals surface area contributed by atoms with Gasteiger partial charge in [-0.15, -0.1) is 12.4 Å². The summed E-state index contributed by atoms with van der Waals surface area (Å²) in [6.07, 6.45) is 6.27. The fraction of sp³-hybridized carbons (Fsp3) is 0.545. The van der Waals surface area contributed by atoms with E-state index in [2.05, 4.69) is 11.9 Å². The average Bonchev–Trinajstić information content (AvgIpc) is 2.18. The van der Waals surface area contributed by atoms with E-state index in [-0.39, 0.29) is 18.4 Å². The quantitative estimate of drug-likeness (QED) is 0.637. The monoisotopic (exact) mass is 248 g/mol. The maximum atomic E-state index is 6.01. The minimum atomic E-state index is 0. The first-order valence-electron chi connectivity index (χ1n) is 5.11. The van der Waals surface area contributed by atoms with Gasteiger partial charge in [-0.2, -0.15) is 0 Å². The first-order valence-corrected chi connectivity index (χ1v) is 5.49. The van der Waals surface area contributed by atoms with E-state index in [1.165, 1.54) is 12.8 Å². The van der Waals surface area contributed by atoms with Gasteiger partial charge in [-0.05, 0) is 12.5 Å². The molecule has 0 aliphatic heterocycles. The molecular weight excluding hydrogens is 231 g/mol. The van der Waals surface area contributed by atoms with Crippen molar-refractivity contribution in [1.82, 2.24) is 4.98 Å². The Morgan fingerprint density at radius 2 is 2.20 bits per heavy atom. The van der Waals surface area contributed by atoms with Gasteiger partial charge in [0, 0.05) is 17.8 Å². The summed E-state index contributed by atoms with van der Waals surface area (Å²) < 4.78 is 0. The molecule has 0 unspecified atom stereocenters. The molecule has 2 N–H and O–H groups in total. The number of nitrogens with two attached hydrogens (primary N) is 1. The molecule has 0 bridgehead atoms. The van der Waals surface area contributed by atoms with Crippen LogP contribution in [0, 0.1) is 0 Å². The highest BCUT2D eigenvalue weighted by atomic mass is 35.5. The molecule has 0 aliphatic carbocycles. The summed E-state index contributed by atoms with van der Waals surface area (Å²) >= 11 is 5.94. The highest BCUT2D eigenvalue weighted by Crippen LogP contribution is 2.22. The van der Waals surface area contributed by atoms with Gasteiger partial charge in [-0.25, -0.2) is 4.98 Å². The fourth-order valence-electron chi connectivity index (χ4n) is 1.44. The van der Waals surface area contributed by atoms with E-state index in [1.807, 2.05) is 12.1 Å². The number of unbranched alkanes of at least 4 members (excludes halogenated alkanes) is 2. The van der Waals surface area contributed by atoms with Crippen LogP contribution in [0.25, 0.3) is 0 Å². The number of hydrogen-bond donors (Lipinski definition) is 1. The number of halogens is 2. The Balaban J connectivity index is 0.00000196. The van der Waals surface area contributed by atoms with E-state index in [1.54, 1.807) is 6.20 Å². The zero-order chi connectivity index (χ0) is 10.4. The predicted molar refractivity (Wildman–Crippen MR) is 67.6 cm³/mol. The Morgan fingerprint density at radius 3 is 2.80 bits per heavy atom. The highest BCUT2D eigenvalue weighted by molar-refractivity contribution is 6.30. The molecule has 0 spiro atoms. The SMILES string of the molecule is CCCCC[C@H](N)c1cccnc1Cl.Cl. The Hall–Kier alpha value is -0.310. The molecule has 1 aromatic rings. The van der Waals surface area contributed by atoms with Crippen LogP contribution < -0.4 is 5.73 Å². The van der Waals surface area contributed by atoms with Crippen LogP contribution in [0.15, 0.2) is 18.3 Å².